The van der Waals surface area contributed by atoms with E-state index in [1.807, 2.05) is 30.3 Å². The fraction of sp³-hybridized carbons (Fsp3) is 0.278. The summed E-state index contributed by atoms with van der Waals surface area (Å²) < 4.78 is 51.7. The Morgan fingerprint density at radius 2 is 1.82 bits per heavy atom. The Morgan fingerprint density at radius 3 is 2.39 bits per heavy atom. The number of ether oxygens (including phenoxy) is 3. The summed E-state index contributed by atoms with van der Waals surface area (Å²) in [7, 11) is 0. The van der Waals surface area contributed by atoms with Crippen LogP contribution in [0.3, 0.4) is 0 Å². The number of rotatable bonds is 7. The minimum absolute atomic E-state index is 0. The van der Waals surface area contributed by atoms with Gasteiger partial charge in [-0.15, -0.1) is 13.2 Å². The molecule has 1 fully saturated rings. The van der Waals surface area contributed by atoms with Gasteiger partial charge in [0.25, 0.3) is 0 Å². The molecule has 0 saturated heterocycles. The van der Waals surface area contributed by atoms with Crippen molar-refractivity contribution in [3.05, 3.63) is 54.1 Å². The van der Waals surface area contributed by atoms with Crippen molar-refractivity contribution in [2.24, 2.45) is 0 Å². The number of alkyl halides is 3. The molecule has 155 valence electrons. The molecule has 0 aromatic heterocycles. The molecule has 1 saturated carbocycles. The predicted octanol–water partition coefficient (Wildman–Crippen LogP) is 5.44. The summed E-state index contributed by atoms with van der Waals surface area (Å²) in [6.45, 7) is -0.453. The first kappa shape index (κ1) is 22.5. The van der Waals surface area contributed by atoms with Crippen molar-refractivity contribution in [2.75, 3.05) is 0 Å². The predicted molar refractivity (Wildman–Crippen MR) is 90.8 cm³/mol. The van der Waals surface area contributed by atoms with Gasteiger partial charge in [0, 0.05) is 45.7 Å². The number of carbonyl (C=O) groups is 1. The largest absolute Gasteiger partial charge is 0.573 e. The number of hydrogen-bond donors (Lipinski definition) is 1. The van der Waals surface area contributed by atoms with Gasteiger partial charge in [0.15, 0.2) is 4.93 Å². The van der Waals surface area contributed by atoms with Crippen molar-refractivity contribution in [3.63, 3.8) is 0 Å². The summed E-state index contributed by atoms with van der Waals surface area (Å²) in [6, 6.07) is 13.1. The van der Waals surface area contributed by atoms with Crippen LogP contribution in [0.15, 0.2) is 53.4 Å². The van der Waals surface area contributed by atoms with E-state index in [2.05, 4.69) is 9.47 Å². The molecule has 0 aliphatic heterocycles. The number of hydrogen-bond acceptors (Lipinski definition) is 5. The Morgan fingerprint density at radius 1 is 1.14 bits per heavy atom. The zero-order valence-electron chi connectivity index (χ0n) is 14.2. The number of halogens is 3. The maximum atomic E-state index is 12.4. The summed E-state index contributed by atoms with van der Waals surface area (Å²) in [5, 5.41) is 8.68. The van der Waals surface area contributed by atoms with Crippen molar-refractivity contribution in [1.82, 2.24) is 0 Å². The maximum absolute atomic E-state index is 12.4. The molecule has 0 bridgehead atoms. The van der Waals surface area contributed by atoms with Crippen LogP contribution in [0.5, 0.6) is 11.5 Å². The zero-order chi connectivity index (χ0) is 19.5. The van der Waals surface area contributed by atoms with Gasteiger partial charge in [0.05, 0.1) is 0 Å². The molecule has 28 heavy (non-hydrogen) atoms. The molecular weight excluding hydrogens is 493 g/mol. The number of thioether (sulfide) groups is 1. The summed E-state index contributed by atoms with van der Waals surface area (Å²) in [4.78, 5) is 11.1. The van der Waals surface area contributed by atoms with Gasteiger partial charge in [-0.2, -0.15) is 0 Å². The second kappa shape index (κ2) is 9.13. The van der Waals surface area contributed by atoms with Gasteiger partial charge in [0.2, 0.25) is 0 Å². The third kappa shape index (κ3) is 6.66. The fourth-order valence-electron chi connectivity index (χ4n) is 2.34. The van der Waals surface area contributed by atoms with Crippen LogP contribution in [-0.2, 0) is 33.7 Å². The minimum atomic E-state index is -4.85. The van der Waals surface area contributed by atoms with Crippen molar-refractivity contribution in [2.45, 2.75) is 35.6 Å². The maximum Gasteiger partial charge on any atom is 0.573 e. The average molecular weight is 508 g/mol. The molecule has 0 heterocycles. The Balaban J connectivity index is 0.00000280. The van der Waals surface area contributed by atoms with Crippen LogP contribution in [0.4, 0.5) is 18.0 Å². The molecule has 5 nitrogen and oxygen atoms in total. The van der Waals surface area contributed by atoms with E-state index in [4.69, 9.17) is 9.84 Å². The fourth-order valence-corrected chi connectivity index (χ4v) is 3.50. The molecule has 10 heteroatoms. The Labute approximate surface area is 178 Å². The van der Waals surface area contributed by atoms with E-state index in [0.29, 0.717) is 0 Å². The molecule has 0 atom stereocenters. The summed E-state index contributed by atoms with van der Waals surface area (Å²) in [5.41, 5.74) is 0.152. The first-order valence-corrected chi connectivity index (χ1v) is 8.74. The molecule has 3 rings (SSSR count). The minimum Gasteiger partial charge on any atom is -0.476 e. The van der Waals surface area contributed by atoms with E-state index in [0.717, 1.165) is 29.9 Å². The van der Waals surface area contributed by atoms with Crippen LogP contribution in [0.1, 0.15) is 18.4 Å². The van der Waals surface area contributed by atoms with E-state index >= 15 is 0 Å². The Kier molecular flexibility index (Phi) is 7.33. The number of carboxylic acid groups (broad SMARTS) is 1. The molecule has 2 aromatic carbocycles. The van der Waals surface area contributed by atoms with Crippen LogP contribution < -0.4 is 9.47 Å². The van der Waals surface area contributed by atoms with Crippen molar-refractivity contribution < 1.29 is 59.7 Å². The van der Waals surface area contributed by atoms with Gasteiger partial charge < -0.3 is 19.3 Å². The average Bonchev–Trinajstić information content (AvgIpc) is 3.33. The summed E-state index contributed by atoms with van der Waals surface area (Å²) >= 11 is 1.51. The van der Waals surface area contributed by atoms with Gasteiger partial charge >= 0.3 is 12.5 Å². The molecule has 1 aliphatic rings. The van der Waals surface area contributed by atoms with Gasteiger partial charge in [-0.1, -0.05) is 30.0 Å². The first-order valence-electron chi connectivity index (χ1n) is 7.92. The topological polar surface area (TPSA) is 65.0 Å². The standard InChI is InChI=1S/C18H15F3O5S.Ag/c19-18(20,21)25-13-6-7-15(12(10-13)11-24-16(22)23)26-17(8-9-17)27-14-4-2-1-3-5-14;/h1-7,10H,8-9,11H2,(H,22,23);. The Hall–Kier alpha value is -1.81. The van der Waals surface area contributed by atoms with Gasteiger partial charge in [0.1, 0.15) is 18.1 Å². The smallest absolute Gasteiger partial charge is 0.476 e. The molecule has 1 N–H and O–H groups in total. The second-order valence-corrected chi connectivity index (χ2v) is 7.22. The summed E-state index contributed by atoms with van der Waals surface area (Å²) in [6.07, 6.45) is -4.88. The molecule has 1 aliphatic carbocycles. The normalized spacial score (nSPS) is 14.5. The van der Waals surface area contributed by atoms with E-state index in [9.17, 15) is 18.0 Å². The zero-order valence-corrected chi connectivity index (χ0v) is 16.5. The molecule has 1 radical (unpaired) electrons. The van der Waals surface area contributed by atoms with E-state index in [-0.39, 0.29) is 33.7 Å². The third-order valence-corrected chi connectivity index (χ3v) is 4.99. The monoisotopic (exact) mass is 507 g/mol. The molecule has 0 amide bonds. The van der Waals surface area contributed by atoms with E-state index in [1.54, 1.807) is 0 Å². The van der Waals surface area contributed by atoms with Crippen LogP contribution in [-0.4, -0.2) is 22.6 Å². The van der Waals surface area contributed by atoms with Crippen molar-refractivity contribution in [3.8, 4) is 11.5 Å². The number of benzene rings is 2. The SMILES string of the molecule is O=C(O)OCc1cc(OC(F)(F)F)ccc1OC1(Sc2ccccc2)CC1.[Ag]. The summed E-state index contributed by atoms with van der Waals surface area (Å²) in [5.74, 6) is -0.217. The quantitative estimate of drug-likeness (QED) is 0.306. The van der Waals surface area contributed by atoms with Crippen LogP contribution >= 0.6 is 11.8 Å². The molecule has 0 unspecified atom stereocenters. The molecular formula is C18H15AgF3O5S. The molecule has 2 aromatic rings. The third-order valence-electron chi connectivity index (χ3n) is 3.62. The van der Waals surface area contributed by atoms with Gasteiger partial charge in [-0.05, 0) is 30.3 Å². The van der Waals surface area contributed by atoms with E-state index < -0.39 is 29.8 Å². The van der Waals surface area contributed by atoms with Gasteiger partial charge in [-0.3, -0.25) is 0 Å². The van der Waals surface area contributed by atoms with Crippen molar-refractivity contribution >= 4 is 17.9 Å². The molecule has 0 spiro atoms. The first-order chi connectivity index (χ1) is 12.7. The van der Waals surface area contributed by atoms with Crippen LogP contribution in [0.25, 0.3) is 0 Å². The van der Waals surface area contributed by atoms with Crippen LogP contribution in [0.2, 0.25) is 0 Å². The van der Waals surface area contributed by atoms with Crippen LogP contribution in [0, 0.1) is 0 Å². The van der Waals surface area contributed by atoms with E-state index in [1.165, 1.54) is 17.8 Å². The van der Waals surface area contributed by atoms with Crippen molar-refractivity contribution in [1.29, 1.82) is 0 Å². The Bertz CT molecular complexity index is 813. The van der Waals surface area contributed by atoms with Gasteiger partial charge in [-0.25, -0.2) is 4.79 Å². The second-order valence-electron chi connectivity index (χ2n) is 5.80.